The van der Waals surface area contributed by atoms with E-state index in [1.807, 2.05) is 0 Å². The van der Waals surface area contributed by atoms with Crippen LogP contribution in [0.5, 0.6) is 0 Å². The maximum atomic E-state index is 8.48. The number of aryl methyl sites for hydroxylation is 16. The van der Waals surface area contributed by atoms with Gasteiger partial charge in [-0.25, -0.2) is 18.3 Å². The number of benzene rings is 4. The largest absolute Gasteiger partial charge is 0.212 e. The molecule has 0 aliphatic carbocycles. The van der Waals surface area contributed by atoms with Gasteiger partial charge in [0.05, 0.1) is 0 Å². The van der Waals surface area contributed by atoms with Gasteiger partial charge in [-0.15, -0.1) is 0 Å². The lowest BCUT2D eigenvalue weighted by Crippen LogP contribution is -2.32. The van der Waals surface area contributed by atoms with Crippen molar-refractivity contribution in [2.24, 2.45) is 34.1 Å². The van der Waals surface area contributed by atoms with E-state index in [2.05, 4.69) is 209 Å². The Morgan fingerprint density at radius 1 is 0.380 bits per heavy atom. The van der Waals surface area contributed by atoms with Gasteiger partial charge in [0.2, 0.25) is 22.8 Å². The molecule has 0 saturated carbocycles. The molecular formula is C67H86N4+4. The van der Waals surface area contributed by atoms with Crippen molar-refractivity contribution >= 4 is 0 Å². The molecule has 0 radical (unpaired) electrons. The average Bonchev–Trinajstić information content (AvgIpc) is 3.40. The zero-order chi connectivity index (χ0) is 59.4. The molecule has 0 amide bonds. The molecule has 0 spiro atoms. The van der Waals surface area contributed by atoms with Gasteiger partial charge < -0.3 is 0 Å². The van der Waals surface area contributed by atoms with Crippen molar-refractivity contribution in [2.75, 3.05) is 0 Å². The van der Waals surface area contributed by atoms with E-state index in [1.165, 1.54) is 113 Å². The number of aromatic nitrogens is 4. The van der Waals surface area contributed by atoms with Gasteiger partial charge in [-0.05, 0) is 202 Å². The van der Waals surface area contributed by atoms with Crippen LogP contribution in [0.1, 0.15) is 114 Å². The van der Waals surface area contributed by atoms with Gasteiger partial charge >= 0.3 is 0 Å². The van der Waals surface area contributed by atoms with Crippen LogP contribution in [0, 0.1) is 110 Å². The molecular weight excluding hydrogens is 861 g/mol. The maximum absolute atomic E-state index is 8.48. The van der Waals surface area contributed by atoms with Crippen molar-refractivity contribution in [1.82, 2.24) is 0 Å². The molecule has 8 rings (SSSR count). The first-order valence-corrected chi connectivity index (χ1v) is 24.8. The molecule has 0 aliphatic heterocycles. The molecule has 0 saturated heterocycles. The van der Waals surface area contributed by atoms with E-state index in [1.54, 1.807) is 50.6 Å². The van der Waals surface area contributed by atoms with Gasteiger partial charge in [-0.3, -0.25) is 0 Å². The van der Waals surface area contributed by atoms with Crippen LogP contribution < -0.4 is 18.3 Å². The molecule has 0 aliphatic rings. The zero-order valence-corrected chi connectivity index (χ0v) is 46.4. The molecule has 0 N–H and O–H groups in total. The van der Waals surface area contributed by atoms with Crippen LogP contribution in [0.15, 0.2) is 122 Å². The third-order valence-electron chi connectivity index (χ3n) is 13.6. The molecule has 71 heavy (non-hydrogen) atoms. The van der Waals surface area contributed by atoms with Crippen molar-refractivity contribution in [2.45, 2.75) is 124 Å². The summed E-state index contributed by atoms with van der Waals surface area (Å²) in [6, 6.07) is 32.9. The third kappa shape index (κ3) is 14.1. The number of hydrogen-bond donors (Lipinski definition) is 0. The predicted molar refractivity (Wildman–Crippen MR) is 302 cm³/mol. The number of nitrogens with zero attached hydrogens (tertiary/aromatic N) is 4. The number of rotatable bonds is 6. The summed E-state index contributed by atoms with van der Waals surface area (Å²) in [5.74, 6) is -0.423. The standard InChI is InChI=1S/C19H26N.C17H22N.C16H20N.C15H18N/c1-13(2)9-17-11-19(20(6)12-16(17)5)18-8-7-14(3)10-15(18)4;1-11-7-13(3)15(5)16(8-11)17-9-12(2)14(4)10-18(17)6;1-11-6-7-16(17(5)10-11)15-9-12(2)8-13(3)14(15)4;1-11-9-12(2)13(3)14(10-11)15-7-5-6-8-16(15)4/h7-8,10-13H,9H2,1-6H3;7-10H,1-6H3;6-10H,1-5H3;5-10H,1-4H3/q4*+1/i3D3,5D3,9D2;;;. The Morgan fingerprint density at radius 3 is 1.32 bits per heavy atom. The minimum absolute atomic E-state index is 0.0192. The second kappa shape index (κ2) is 24.1. The van der Waals surface area contributed by atoms with Gasteiger partial charge in [0, 0.05) is 80.2 Å². The first kappa shape index (κ1) is 44.4. The fourth-order valence-corrected chi connectivity index (χ4v) is 9.19. The summed E-state index contributed by atoms with van der Waals surface area (Å²) in [4.78, 5) is 0. The minimum Gasteiger partial charge on any atom is -0.201 e. The van der Waals surface area contributed by atoms with E-state index >= 15 is 0 Å². The molecule has 8 aromatic rings. The van der Waals surface area contributed by atoms with Crippen LogP contribution in [0.25, 0.3) is 45.0 Å². The van der Waals surface area contributed by atoms with Crippen LogP contribution in [0.3, 0.4) is 0 Å². The summed E-state index contributed by atoms with van der Waals surface area (Å²) in [6.45, 7) is 26.6. The van der Waals surface area contributed by atoms with Crippen molar-refractivity contribution in [3.05, 3.63) is 211 Å². The van der Waals surface area contributed by atoms with E-state index in [9.17, 15) is 0 Å². The third-order valence-corrected chi connectivity index (χ3v) is 13.6. The highest BCUT2D eigenvalue weighted by Gasteiger charge is 2.19. The monoisotopic (exact) mass is 955 g/mol. The summed E-state index contributed by atoms with van der Waals surface area (Å²) in [5.41, 5.74) is 26.4. The molecule has 4 heteroatoms. The first-order valence-electron chi connectivity index (χ1n) is 28.8. The molecule has 370 valence electrons. The van der Waals surface area contributed by atoms with Crippen molar-refractivity contribution in [3.63, 3.8) is 0 Å². The molecule has 4 heterocycles. The van der Waals surface area contributed by atoms with E-state index in [0.717, 1.165) is 11.1 Å². The van der Waals surface area contributed by atoms with Crippen LogP contribution in [-0.2, 0) is 34.6 Å². The first-order chi connectivity index (χ1) is 36.5. The van der Waals surface area contributed by atoms with Crippen molar-refractivity contribution in [1.29, 1.82) is 0 Å². The second-order valence-corrected chi connectivity index (χ2v) is 20.2. The Morgan fingerprint density at radius 2 is 0.845 bits per heavy atom. The smallest absolute Gasteiger partial charge is 0.201 e. The van der Waals surface area contributed by atoms with Crippen molar-refractivity contribution in [3.8, 4) is 45.0 Å². The highest BCUT2D eigenvalue weighted by molar-refractivity contribution is 5.67. The molecule has 0 atom stereocenters. The lowest BCUT2D eigenvalue weighted by molar-refractivity contribution is -0.660. The Balaban J connectivity index is 0.000000199. The Kier molecular flexibility index (Phi) is 15.1. The molecule has 4 aromatic carbocycles. The van der Waals surface area contributed by atoms with Gasteiger partial charge in [0.15, 0.2) is 24.8 Å². The van der Waals surface area contributed by atoms with Gasteiger partial charge in [-0.1, -0.05) is 66.4 Å². The quantitative estimate of drug-likeness (QED) is 0.148. The Labute approximate surface area is 441 Å². The number of hydrogen-bond acceptors (Lipinski definition) is 0. The van der Waals surface area contributed by atoms with Crippen LogP contribution in [-0.4, -0.2) is 0 Å². The van der Waals surface area contributed by atoms with Gasteiger partial charge in [0.25, 0.3) is 0 Å². The fourth-order valence-electron chi connectivity index (χ4n) is 9.19. The van der Waals surface area contributed by atoms with Crippen molar-refractivity contribution < 1.29 is 29.2 Å². The Hall–Kier alpha value is -6.52. The van der Waals surface area contributed by atoms with Gasteiger partial charge in [0.1, 0.15) is 28.2 Å². The Bertz CT molecular complexity index is 3510. The summed E-state index contributed by atoms with van der Waals surface area (Å²) < 4.78 is 71.4. The molecule has 0 unspecified atom stereocenters. The average molecular weight is 956 g/mol. The minimum atomic E-state index is -2.45. The lowest BCUT2D eigenvalue weighted by Gasteiger charge is -2.11. The number of pyridine rings is 4. The fraction of sp³-hybridized carbons (Fsp3) is 0.343. The summed E-state index contributed by atoms with van der Waals surface area (Å²) >= 11 is 0. The zero-order valence-electron chi connectivity index (χ0n) is 54.4. The normalized spacial score (nSPS) is 13.0. The lowest BCUT2D eigenvalue weighted by atomic mass is 9.96. The topological polar surface area (TPSA) is 15.5 Å². The van der Waals surface area contributed by atoms with E-state index < -0.39 is 26.0 Å². The highest BCUT2D eigenvalue weighted by atomic mass is 14.9. The van der Waals surface area contributed by atoms with Crippen LogP contribution >= 0.6 is 0 Å². The highest BCUT2D eigenvalue weighted by Crippen LogP contribution is 2.28. The molecule has 4 nitrogen and oxygen atoms in total. The molecule has 0 bridgehead atoms. The van der Waals surface area contributed by atoms with Crippen LogP contribution in [0.4, 0.5) is 0 Å². The molecule has 4 aromatic heterocycles. The SMILES string of the molecule is Cc1cc(C)c(C)c(-c2cc(C)c(C)c[n+]2C)c1.Cc1cc(C)c(C)c(-c2ccc(C)c[n+]2C)c1.Cc1cc(C)c(C)c(-c2cccc[n+]2C)c1.[2H]C([2H])([2H])c1ccc(-c2cc(C([2H])([2H])C(C)C)c(C([2H])([2H])[2H])c[n+]2C)c(C)c1. The summed E-state index contributed by atoms with van der Waals surface area (Å²) in [7, 11) is 8.03. The predicted octanol–water partition coefficient (Wildman–Crippen LogP) is 14.5. The summed E-state index contributed by atoms with van der Waals surface area (Å²) in [5, 5.41) is 0. The summed E-state index contributed by atoms with van der Waals surface area (Å²) in [6.07, 6.45) is 6.09. The second-order valence-electron chi connectivity index (χ2n) is 20.2. The molecule has 0 fully saturated rings. The van der Waals surface area contributed by atoms with Crippen LogP contribution in [0.2, 0.25) is 0 Å². The van der Waals surface area contributed by atoms with E-state index in [-0.39, 0.29) is 16.7 Å². The maximum Gasteiger partial charge on any atom is 0.212 e. The van der Waals surface area contributed by atoms with E-state index in [4.69, 9.17) is 11.0 Å². The van der Waals surface area contributed by atoms with Gasteiger partial charge in [-0.2, -0.15) is 0 Å². The van der Waals surface area contributed by atoms with E-state index in [0.29, 0.717) is 5.69 Å².